The van der Waals surface area contributed by atoms with Crippen LogP contribution in [0.4, 0.5) is 5.69 Å². The van der Waals surface area contributed by atoms with E-state index >= 15 is 0 Å². The molecule has 0 amide bonds. The van der Waals surface area contributed by atoms with Gasteiger partial charge in [-0.2, -0.15) is 5.10 Å². The molecule has 2 heterocycles. The number of hydrogen-bond acceptors (Lipinski definition) is 4. The van der Waals surface area contributed by atoms with Crippen LogP contribution in [0.15, 0.2) is 18.3 Å². The third-order valence-corrected chi connectivity index (χ3v) is 1.96. The molecule has 0 aliphatic heterocycles. The van der Waals surface area contributed by atoms with Gasteiger partial charge in [0.05, 0.1) is 11.9 Å². The van der Waals surface area contributed by atoms with Crippen molar-refractivity contribution in [3.63, 3.8) is 0 Å². The van der Waals surface area contributed by atoms with Crippen LogP contribution in [0.1, 0.15) is 12.2 Å². The van der Waals surface area contributed by atoms with Crippen molar-refractivity contribution in [3.8, 4) is 0 Å². The lowest BCUT2D eigenvalue weighted by atomic mass is 10.3. The molecule has 5 heteroatoms. The minimum atomic E-state index is 0.164. The van der Waals surface area contributed by atoms with Crippen LogP contribution in [-0.2, 0) is 6.42 Å². The van der Waals surface area contributed by atoms with E-state index in [4.69, 9.17) is 10.8 Å². The van der Waals surface area contributed by atoms with Crippen molar-refractivity contribution in [2.45, 2.75) is 12.8 Å². The quantitative estimate of drug-likeness (QED) is 0.730. The lowest BCUT2D eigenvalue weighted by molar-refractivity contribution is 0.287. The fraction of sp³-hybridized carbons (Fsp3) is 0.333. The summed E-state index contributed by atoms with van der Waals surface area (Å²) in [5, 5.41) is 12.9. The van der Waals surface area contributed by atoms with Gasteiger partial charge in [-0.3, -0.25) is 0 Å². The van der Waals surface area contributed by atoms with E-state index in [0.717, 1.165) is 11.5 Å². The van der Waals surface area contributed by atoms with Crippen LogP contribution < -0.4 is 5.73 Å². The van der Waals surface area contributed by atoms with E-state index in [-0.39, 0.29) is 6.61 Å². The minimum Gasteiger partial charge on any atom is -0.397 e. The Kier molecular flexibility index (Phi) is 2.32. The van der Waals surface area contributed by atoms with Crippen LogP contribution in [0.3, 0.4) is 0 Å². The van der Waals surface area contributed by atoms with Gasteiger partial charge in [0.25, 0.3) is 0 Å². The number of anilines is 1. The number of aliphatic hydroxyl groups excluding tert-OH is 1. The molecule has 5 nitrogen and oxygen atoms in total. The molecule has 74 valence electrons. The Morgan fingerprint density at radius 3 is 3.07 bits per heavy atom. The number of aryl methyl sites for hydroxylation is 1. The van der Waals surface area contributed by atoms with Gasteiger partial charge >= 0.3 is 0 Å². The number of hydrogen-bond donors (Lipinski definition) is 2. The third kappa shape index (κ3) is 1.67. The van der Waals surface area contributed by atoms with Crippen molar-refractivity contribution in [1.29, 1.82) is 0 Å². The first kappa shape index (κ1) is 8.96. The average molecular weight is 192 g/mol. The van der Waals surface area contributed by atoms with E-state index in [2.05, 4.69) is 10.1 Å². The summed E-state index contributed by atoms with van der Waals surface area (Å²) in [6.45, 7) is 0.164. The first-order valence-corrected chi connectivity index (χ1v) is 4.51. The second kappa shape index (κ2) is 3.63. The Bertz CT molecular complexity index is 437. The first-order chi connectivity index (χ1) is 6.79. The molecule has 2 aromatic rings. The minimum absolute atomic E-state index is 0.164. The predicted molar refractivity (Wildman–Crippen MR) is 52.8 cm³/mol. The van der Waals surface area contributed by atoms with Crippen molar-refractivity contribution < 1.29 is 5.11 Å². The zero-order chi connectivity index (χ0) is 9.97. The molecule has 0 bridgehead atoms. The molecule has 2 rings (SSSR count). The maximum absolute atomic E-state index is 8.66. The maximum Gasteiger partial charge on any atom is 0.155 e. The van der Waals surface area contributed by atoms with Crippen LogP contribution in [0, 0.1) is 0 Å². The normalized spacial score (nSPS) is 10.9. The van der Waals surface area contributed by atoms with E-state index in [0.29, 0.717) is 18.5 Å². The second-order valence-electron chi connectivity index (χ2n) is 3.12. The molecule has 0 saturated carbocycles. The number of nitrogen functional groups attached to an aromatic ring is 1. The van der Waals surface area contributed by atoms with Gasteiger partial charge in [-0.25, -0.2) is 9.50 Å². The summed E-state index contributed by atoms with van der Waals surface area (Å²) in [5.74, 6) is 0.740. The van der Waals surface area contributed by atoms with Gasteiger partial charge in [0, 0.05) is 13.0 Å². The van der Waals surface area contributed by atoms with Crippen LogP contribution in [0.25, 0.3) is 5.65 Å². The standard InChI is InChI=1S/C9H12N4O/c10-7-3-4-9-11-8(2-1-5-14)12-13(9)6-7/h3-4,6,14H,1-2,5,10H2. The average Bonchev–Trinajstić information content (AvgIpc) is 2.56. The molecule has 0 unspecified atom stereocenters. The summed E-state index contributed by atoms with van der Waals surface area (Å²) in [6, 6.07) is 3.62. The molecule has 0 radical (unpaired) electrons. The van der Waals surface area contributed by atoms with Crippen LogP contribution >= 0.6 is 0 Å². The summed E-state index contributed by atoms with van der Waals surface area (Å²) in [5.41, 5.74) is 7.05. The predicted octanol–water partition coefficient (Wildman–Crippen LogP) is 0.236. The van der Waals surface area contributed by atoms with E-state index in [1.165, 1.54) is 0 Å². The molecular weight excluding hydrogens is 180 g/mol. The number of aliphatic hydroxyl groups is 1. The highest BCUT2D eigenvalue weighted by molar-refractivity contribution is 5.46. The molecule has 14 heavy (non-hydrogen) atoms. The number of nitrogens with two attached hydrogens (primary N) is 1. The van der Waals surface area contributed by atoms with Crippen molar-refractivity contribution >= 4 is 11.3 Å². The second-order valence-corrected chi connectivity index (χ2v) is 3.12. The first-order valence-electron chi connectivity index (χ1n) is 4.51. The maximum atomic E-state index is 8.66. The number of aromatic nitrogens is 3. The van der Waals surface area contributed by atoms with Gasteiger partial charge in [0.15, 0.2) is 11.5 Å². The van der Waals surface area contributed by atoms with Gasteiger partial charge in [0.2, 0.25) is 0 Å². The molecule has 0 spiro atoms. The highest BCUT2D eigenvalue weighted by Crippen LogP contribution is 2.06. The number of nitrogens with zero attached hydrogens (tertiary/aromatic N) is 3. The molecule has 0 aliphatic rings. The zero-order valence-corrected chi connectivity index (χ0v) is 7.72. The van der Waals surface area contributed by atoms with E-state index in [9.17, 15) is 0 Å². The number of rotatable bonds is 3. The van der Waals surface area contributed by atoms with Gasteiger partial charge in [-0.15, -0.1) is 0 Å². The summed E-state index contributed by atoms with van der Waals surface area (Å²) >= 11 is 0. The number of pyridine rings is 1. The van der Waals surface area contributed by atoms with E-state index < -0.39 is 0 Å². The van der Waals surface area contributed by atoms with Crippen LogP contribution in [0.2, 0.25) is 0 Å². The lowest BCUT2D eigenvalue weighted by Crippen LogP contribution is -1.93. The Morgan fingerprint density at radius 2 is 2.29 bits per heavy atom. The molecule has 3 N–H and O–H groups in total. The Balaban J connectivity index is 2.32. The van der Waals surface area contributed by atoms with E-state index in [1.54, 1.807) is 16.8 Å². The summed E-state index contributed by atoms with van der Waals surface area (Å²) in [6.07, 6.45) is 3.11. The molecule has 0 saturated heterocycles. The summed E-state index contributed by atoms with van der Waals surface area (Å²) in [4.78, 5) is 4.28. The summed E-state index contributed by atoms with van der Waals surface area (Å²) < 4.78 is 1.65. The van der Waals surface area contributed by atoms with Crippen molar-refractivity contribution in [2.75, 3.05) is 12.3 Å². The molecule has 0 aliphatic carbocycles. The van der Waals surface area contributed by atoms with Crippen molar-refractivity contribution in [2.24, 2.45) is 0 Å². The third-order valence-electron chi connectivity index (χ3n) is 1.96. The van der Waals surface area contributed by atoms with Crippen molar-refractivity contribution in [1.82, 2.24) is 14.6 Å². The molecule has 0 aromatic carbocycles. The van der Waals surface area contributed by atoms with Gasteiger partial charge in [-0.05, 0) is 18.6 Å². The van der Waals surface area contributed by atoms with Crippen LogP contribution in [-0.4, -0.2) is 26.3 Å². The van der Waals surface area contributed by atoms with Gasteiger partial charge < -0.3 is 10.8 Å². The molecule has 0 fully saturated rings. The van der Waals surface area contributed by atoms with Crippen LogP contribution in [0.5, 0.6) is 0 Å². The summed E-state index contributed by atoms with van der Waals surface area (Å²) in [7, 11) is 0. The highest BCUT2D eigenvalue weighted by atomic mass is 16.2. The highest BCUT2D eigenvalue weighted by Gasteiger charge is 2.02. The van der Waals surface area contributed by atoms with E-state index in [1.807, 2.05) is 6.07 Å². The lowest BCUT2D eigenvalue weighted by Gasteiger charge is -1.91. The van der Waals surface area contributed by atoms with Gasteiger partial charge in [-0.1, -0.05) is 0 Å². The largest absolute Gasteiger partial charge is 0.397 e. The molecule has 0 atom stereocenters. The monoisotopic (exact) mass is 192 g/mol. The Labute approximate surface area is 81.2 Å². The Hall–Kier alpha value is -1.62. The molecule has 2 aromatic heterocycles. The fourth-order valence-electron chi connectivity index (χ4n) is 1.29. The Morgan fingerprint density at radius 1 is 1.43 bits per heavy atom. The number of fused-ring (bicyclic) bond motifs is 1. The smallest absolute Gasteiger partial charge is 0.155 e. The SMILES string of the molecule is Nc1ccc2nc(CCCO)nn2c1. The van der Waals surface area contributed by atoms with Gasteiger partial charge in [0.1, 0.15) is 0 Å². The topological polar surface area (TPSA) is 76.4 Å². The van der Waals surface area contributed by atoms with Crippen molar-refractivity contribution in [3.05, 3.63) is 24.2 Å². The molecular formula is C9H12N4O. The zero-order valence-electron chi connectivity index (χ0n) is 7.72. The fourth-order valence-corrected chi connectivity index (χ4v) is 1.29.